The minimum atomic E-state index is -0.719. The summed E-state index contributed by atoms with van der Waals surface area (Å²) in [5.74, 6) is -0.142. The van der Waals surface area contributed by atoms with Crippen molar-refractivity contribution in [2.45, 2.75) is 25.4 Å². The molecule has 0 radical (unpaired) electrons. The number of fused-ring (bicyclic) bond motifs is 1. The highest BCUT2D eigenvalue weighted by atomic mass is 79.9. The minimum absolute atomic E-state index is 0.0208. The van der Waals surface area contributed by atoms with E-state index >= 15 is 0 Å². The van der Waals surface area contributed by atoms with Gasteiger partial charge in [-0.25, -0.2) is 19.0 Å². The van der Waals surface area contributed by atoms with Gasteiger partial charge in [-0.3, -0.25) is 5.32 Å². The first kappa shape index (κ1) is 25.4. The lowest BCUT2D eigenvalue weighted by molar-refractivity contribution is 0.113. The highest BCUT2D eigenvalue weighted by Gasteiger charge is 2.21. The molecule has 4 N–H and O–H groups in total. The summed E-state index contributed by atoms with van der Waals surface area (Å²) >= 11 is 3.46. The Morgan fingerprint density at radius 3 is 2.76 bits per heavy atom. The summed E-state index contributed by atoms with van der Waals surface area (Å²) in [7, 11) is 1.65. The maximum absolute atomic E-state index is 13.5. The molecule has 0 spiro atoms. The van der Waals surface area contributed by atoms with E-state index in [1.807, 2.05) is 24.3 Å². The van der Waals surface area contributed by atoms with E-state index in [0.29, 0.717) is 31.3 Å². The third kappa shape index (κ3) is 7.13. The molecular formula is C24H27BrFN5O3. The van der Waals surface area contributed by atoms with E-state index < -0.39 is 6.09 Å². The Bertz CT molecular complexity index is 1150. The van der Waals surface area contributed by atoms with Crippen LogP contribution in [0, 0.1) is 5.82 Å². The fraction of sp³-hybridized carbons (Fsp3) is 0.292. The molecule has 0 aliphatic heterocycles. The monoisotopic (exact) mass is 531 g/mol. The smallest absolute Gasteiger partial charge is 0.412 e. The number of amides is 3. The van der Waals surface area contributed by atoms with Gasteiger partial charge in [0.15, 0.2) is 0 Å². The van der Waals surface area contributed by atoms with Gasteiger partial charge in [0.1, 0.15) is 18.2 Å². The molecule has 1 aromatic heterocycles. The van der Waals surface area contributed by atoms with E-state index in [9.17, 15) is 14.0 Å². The zero-order chi connectivity index (χ0) is 24.5. The van der Waals surface area contributed by atoms with Gasteiger partial charge in [0.05, 0.1) is 6.04 Å². The van der Waals surface area contributed by atoms with Crippen molar-refractivity contribution in [2.24, 2.45) is 5.73 Å². The number of nitrogens with two attached hydrogens (primary N) is 1. The first-order chi connectivity index (χ1) is 16.4. The van der Waals surface area contributed by atoms with Gasteiger partial charge in [-0.15, -0.1) is 0 Å². The van der Waals surface area contributed by atoms with Crippen LogP contribution in [0.4, 0.5) is 19.8 Å². The summed E-state index contributed by atoms with van der Waals surface area (Å²) in [4.78, 5) is 30.7. The van der Waals surface area contributed by atoms with Crippen LogP contribution in [0.5, 0.6) is 0 Å². The van der Waals surface area contributed by atoms with Crippen LogP contribution in [0.3, 0.4) is 0 Å². The van der Waals surface area contributed by atoms with Gasteiger partial charge in [-0.1, -0.05) is 34.1 Å². The first-order valence-corrected chi connectivity index (χ1v) is 11.6. The third-order valence-electron chi connectivity index (χ3n) is 5.32. The topological polar surface area (TPSA) is 110 Å². The normalized spacial score (nSPS) is 11.6. The van der Waals surface area contributed by atoms with Crippen LogP contribution < -0.4 is 16.4 Å². The SMILES string of the molecule is CN(C(=O)NCc1ccccc1Br)[C@@H](CCCN)COC(=O)Nc1cc2cc(F)ccc2cn1. The number of benzene rings is 2. The Morgan fingerprint density at radius 1 is 1.21 bits per heavy atom. The second kappa shape index (κ2) is 12.3. The van der Waals surface area contributed by atoms with E-state index in [1.54, 1.807) is 19.2 Å². The zero-order valence-electron chi connectivity index (χ0n) is 18.8. The number of nitrogens with zero attached hydrogens (tertiary/aromatic N) is 2. The summed E-state index contributed by atoms with van der Waals surface area (Å²) in [6.45, 7) is 0.781. The Hall–Kier alpha value is -3.24. The van der Waals surface area contributed by atoms with Crippen LogP contribution in [0.1, 0.15) is 18.4 Å². The van der Waals surface area contributed by atoms with Crippen molar-refractivity contribution < 1.29 is 18.7 Å². The molecule has 3 aromatic rings. The van der Waals surface area contributed by atoms with E-state index in [4.69, 9.17) is 10.5 Å². The van der Waals surface area contributed by atoms with Crippen molar-refractivity contribution in [1.29, 1.82) is 0 Å². The van der Waals surface area contributed by atoms with Crippen LogP contribution in [0.2, 0.25) is 0 Å². The van der Waals surface area contributed by atoms with Crippen LogP contribution in [-0.2, 0) is 11.3 Å². The Labute approximate surface area is 205 Å². The highest BCUT2D eigenvalue weighted by Crippen LogP contribution is 2.18. The van der Waals surface area contributed by atoms with E-state index in [1.165, 1.54) is 23.2 Å². The van der Waals surface area contributed by atoms with Crippen molar-refractivity contribution in [3.8, 4) is 0 Å². The van der Waals surface area contributed by atoms with Crippen LogP contribution in [-0.4, -0.2) is 48.2 Å². The summed E-state index contributed by atoms with van der Waals surface area (Å²) < 4.78 is 19.7. The molecule has 1 heterocycles. The van der Waals surface area contributed by atoms with Crippen molar-refractivity contribution >= 4 is 44.6 Å². The number of halogens is 2. The standard InChI is InChI=1S/C24H27BrFN5O3/c1-31(23(32)29-14-17-5-2-3-7-21(17)25)20(6-4-10-27)15-34-24(33)30-22-12-18-11-19(26)9-8-16(18)13-28-22/h2-3,5,7-9,11-13,20H,4,6,10,14-15,27H2,1H3,(H,29,32)(H,28,30,33)/t20-/m0/s1. The van der Waals surface area contributed by atoms with Gasteiger partial charge in [0.25, 0.3) is 0 Å². The lowest BCUT2D eigenvalue weighted by Gasteiger charge is -2.28. The lowest BCUT2D eigenvalue weighted by atomic mass is 10.1. The number of rotatable bonds is 9. The van der Waals surface area contributed by atoms with Crippen molar-refractivity contribution in [3.05, 3.63) is 70.6 Å². The fourth-order valence-corrected chi connectivity index (χ4v) is 3.76. The maximum Gasteiger partial charge on any atom is 0.412 e. The van der Waals surface area contributed by atoms with E-state index in [0.717, 1.165) is 15.4 Å². The molecular weight excluding hydrogens is 505 g/mol. The van der Waals surface area contributed by atoms with Crippen LogP contribution in [0.25, 0.3) is 10.8 Å². The number of hydrogen-bond acceptors (Lipinski definition) is 5. The number of pyridine rings is 1. The minimum Gasteiger partial charge on any atom is -0.447 e. The zero-order valence-corrected chi connectivity index (χ0v) is 20.3. The average Bonchev–Trinajstić information content (AvgIpc) is 2.82. The molecule has 0 saturated carbocycles. The summed E-state index contributed by atoms with van der Waals surface area (Å²) in [5, 5.41) is 6.77. The van der Waals surface area contributed by atoms with Crippen molar-refractivity contribution in [2.75, 3.05) is 25.5 Å². The molecule has 34 heavy (non-hydrogen) atoms. The van der Waals surface area contributed by atoms with Crippen LogP contribution in [0.15, 0.2) is 59.2 Å². The molecule has 10 heteroatoms. The molecule has 0 saturated heterocycles. The van der Waals surface area contributed by atoms with Gasteiger partial charge in [0.2, 0.25) is 0 Å². The Kier molecular flexibility index (Phi) is 9.17. The lowest BCUT2D eigenvalue weighted by Crippen LogP contribution is -2.46. The quantitative estimate of drug-likeness (QED) is 0.372. The van der Waals surface area contributed by atoms with Gasteiger partial charge >= 0.3 is 12.1 Å². The second-order valence-corrected chi connectivity index (χ2v) is 8.58. The first-order valence-electron chi connectivity index (χ1n) is 10.8. The number of urea groups is 1. The van der Waals surface area contributed by atoms with Crippen LogP contribution >= 0.6 is 15.9 Å². The Morgan fingerprint density at radius 2 is 2.00 bits per heavy atom. The predicted octanol–water partition coefficient (Wildman–Crippen LogP) is 4.63. The number of ether oxygens (including phenoxy) is 1. The predicted molar refractivity (Wildman–Crippen MR) is 133 cm³/mol. The number of hydrogen-bond donors (Lipinski definition) is 3. The second-order valence-electron chi connectivity index (χ2n) is 7.73. The summed E-state index contributed by atoms with van der Waals surface area (Å²) in [5.41, 5.74) is 6.58. The molecule has 2 aromatic carbocycles. The number of aromatic nitrogens is 1. The Balaban J connectivity index is 1.56. The molecule has 1 atom stereocenters. The molecule has 8 nitrogen and oxygen atoms in total. The number of anilines is 1. The van der Waals surface area contributed by atoms with Gasteiger partial charge in [-0.2, -0.15) is 0 Å². The summed E-state index contributed by atoms with van der Waals surface area (Å²) in [6.07, 6.45) is 2.05. The molecule has 0 bridgehead atoms. The fourth-order valence-electron chi connectivity index (χ4n) is 3.34. The van der Waals surface area contributed by atoms with E-state index in [2.05, 4.69) is 31.5 Å². The highest BCUT2D eigenvalue weighted by molar-refractivity contribution is 9.10. The number of carbonyl (C=O) groups excluding carboxylic acids is 2. The third-order valence-corrected chi connectivity index (χ3v) is 6.09. The van der Waals surface area contributed by atoms with Crippen molar-refractivity contribution in [1.82, 2.24) is 15.2 Å². The van der Waals surface area contributed by atoms with Gasteiger partial charge < -0.3 is 20.7 Å². The van der Waals surface area contributed by atoms with Gasteiger partial charge in [0, 0.05) is 29.6 Å². The number of carbonyl (C=O) groups is 2. The molecule has 3 amide bonds. The number of likely N-dealkylation sites (N-methyl/N-ethyl adjacent to an activating group) is 1. The maximum atomic E-state index is 13.5. The molecule has 3 rings (SSSR count). The number of nitrogens with one attached hydrogen (secondary N) is 2. The largest absolute Gasteiger partial charge is 0.447 e. The van der Waals surface area contributed by atoms with Gasteiger partial charge in [-0.05, 0) is 60.7 Å². The van der Waals surface area contributed by atoms with Crippen molar-refractivity contribution in [3.63, 3.8) is 0 Å². The molecule has 180 valence electrons. The molecule has 0 unspecified atom stereocenters. The molecule has 0 aliphatic rings. The van der Waals surface area contributed by atoms with E-state index in [-0.39, 0.29) is 30.3 Å². The summed E-state index contributed by atoms with van der Waals surface area (Å²) in [6, 6.07) is 12.8. The molecule has 0 fully saturated rings. The average molecular weight is 532 g/mol. The molecule has 0 aliphatic carbocycles.